The summed E-state index contributed by atoms with van der Waals surface area (Å²) in [4.78, 5) is 0. The molecule has 112 valence electrons. The zero-order chi connectivity index (χ0) is 14.8. The number of benzene rings is 1. The third-order valence-electron chi connectivity index (χ3n) is 4.37. The molecular weight excluding hydrogens is 265 g/mol. The lowest BCUT2D eigenvalue weighted by Crippen LogP contribution is -2.36. The molecular formula is C16H21F3O. The topological polar surface area (TPSA) is 20.2 Å². The standard InChI is InChI=1S/C16H21F3O/c1-2-11-7-9-12(10-8-11)15(20)13-5-3-4-6-14(13)16(17,18)19/h7-10,13-15,20H,2-6H2,1H3. The van der Waals surface area contributed by atoms with Crippen LogP contribution in [0.4, 0.5) is 13.2 Å². The van der Waals surface area contributed by atoms with Crippen molar-refractivity contribution < 1.29 is 18.3 Å². The zero-order valence-electron chi connectivity index (χ0n) is 11.7. The van der Waals surface area contributed by atoms with Gasteiger partial charge in [-0.05, 0) is 30.4 Å². The third kappa shape index (κ3) is 3.35. The average molecular weight is 286 g/mol. The van der Waals surface area contributed by atoms with Crippen LogP contribution in [0, 0.1) is 11.8 Å². The number of hydrogen-bond acceptors (Lipinski definition) is 1. The van der Waals surface area contributed by atoms with Crippen LogP contribution < -0.4 is 0 Å². The molecule has 0 bridgehead atoms. The second-order valence-corrected chi connectivity index (χ2v) is 5.64. The Morgan fingerprint density at radius 3 is 2.30 bits per heavy atom. The van der Waals surface area contributed by atoms with E-state index in [1.54, 1.807) is 12.1 Å². The highest BCUT2D eigenvalue weighted by Crippen LogP contribution is 2.46. The Kier molecular flexibility index (Phi) is 4.74. The van der Waals surface area contributed by atoms with E-state index in [9.17, 15) is 18.3 Å². The van der Waals surface area contributed by atoms with Crippen molar-refractivity contribution >= 4 is 0 Å². The maximum atomic E-state index is 13.1. The monoisotopic (exact) mass is 286 g/mol. The number of hydrogen-bond donors (Lipinski definition) is 1. The van der Waals surface area contributed by atoms with Gasteiger partial charge in [0.05, 0.1) is 12.0 Å². The summed E-state index contributed by atoms with van der Waals surface area (Å²) in [5, 5.41) is 10.3. The van der Waals surface area contributed by atoms with Crippen molar-refractivity contribution in [2.45, 2.75) is 51.3 Å². The first-order valence-electron chi connectivity index (χ1n) is 7.27. The first-order chi connectivity index (χ1) is 9.43. The first-order valence-corrected chi connectivity index (χ1v) is 7.27. The quantitative estimate of drug-likeness (QED) is 0.857. The summed E-state index contributed by atoms with van der Waals surface area (Å²) < 4.78 is 39.2. The smallest absolute Gasteiger partial charge is 0.388 e. The van der Waals surface area contributed by atoms with Crippen LogP contribution in [0.2, 0.25) is 0 Å². The van der Waals surface area contributed by atoms with Gasteiger partial charge in [0.2, 0.25) is 0 Å². The molecule has 0 saturated heterocycles. The lowest BCUT2D eigenvalue weighted by molar-refractivity contribution is -0.207. The van der Waals surface area contributed by atoms with E-state index < -0.39 is 24.1 Å². The van der Waals surface area contributed by atoms with Gasteiger partial charge in [-0.2, -0.15) is 13.2 Å². The van der Waals surface area contributed by atoms with Crippen molar-refractivity contribution in [1.29, 1.82) is 0 Å². The fourth-order valence-electron chi connectivity index (χ4n) is 3.14. The third-order valence-corrected chi connectivity index (χ3v) is 4.37. The van der Waals surface area contributed by atoms with E-state index in [0.717, 1.165) is 18.4 Å². The molecule has 1 fully saturated rings. The zero-order valence-corrected chi connectivity index (χ0v) is 11.7. The van der Waals surface area contributed by atoms with Gasteiger partial charge in [-0.1, -0.05) is 44.0 Å². The summed E-state index contributed by atoms with van der Waals surface area (Å²) in [5.74, 6) is -2.09. The van der Waals surface area contributed by atoms with E-state index in [1.165, 1.54) is 0 Å². The van der Waals surface area contributed by atoms with E-state index in [1.807, 2.05) is 19.1 Å². The number of alkyl halides is 3. The van der Waals surface area contributed by atoms with Crippen LogP contribution >= 0.6 is 0 Å². The Morgan fingerprint density at radius 1 is 1.15 bits per heavy atom. The van der Waals surface area contributed by atoms with Crippen molar-refractivity contribution in [3.63, 3.8) is 0 Å². The molecule has 0 spiro atoms. The van der Waals surface area contributed by atoms with E-state index in [0.29, 0.717) is 18.4 Å². The van der Waals surface area contributed by atoms with Crippen molar-refractivity contribution in [1.82, 2.24) is 0 Å². The molecule has 2 rings (SSSR count). The van der Waals surface area contributed by atoms with Crippen LogP contribution in [-0.2, 0) is 6.42 Å². The highest BCUT2D eigenvalue weighted by molar-refractivity contribution is 5.24. The first kappa shape index (κ1) is 15.4. The summed E-state index contributed by atoms with van der Waals surface area (Å²) >= 11 is 0. The van der Waals surface area contributed by atoms with Crippen molar-refractivity contribution in [3.8, 4) is 0 Å². The van der Waals surface area contributed by atoms with Gasteiger partial charge in [0.15, 0.2) is 0 Å². The van der Waals surface area contributed by atoms with E-state index >= 15 is 0 Å². The highest BCUT2D eigenvalue weighted by Gasteiger charge is 2.47. The molecule has 1 saturated carbocycles. The molecule has 1 N–H and O–H groups in total. The van der Waals surface area contributed by atoms with Gasteiger partial charge >= 0.3 is 6.18 Å². The second-order valence-electron chi connectivity index (χ2n) is 5.64. The van der Waals surface area contributed by atoms with E-state index in [-0.39, 0.29) is 6.42 Å². The van der Waals surface area contributed by atoms with E-state index in [2.05, 4.69) is 0 Å². The minimum Gasteiger partial charge on any atom is -0.388 e. The van der Waals surface area contributed by atoms with Crippen LogP contribution in [-0.4, -0.2) is 11.3 Å². The Hall–Kier alpha value is -1.03. The Labute approximate surface area is 117 Å². The van der Waals surface area contributed by atoms with Crippen LogP contribution in [0.3, 0.4) is 0 Å². The molecule has 3 atom stereocenters. The summed E-state index contributed by atoms with van der Waals surface area (Å²) in [6.45, 7) is 2.02. The van der Waals surface area contributed by atoms with Gasteiger partial charge < -0.3 is 5.11 Å². The van der Waals surface area contributed by atoms with Gasteiger partial charge in [-0.3, -0.25) is 0 Å². The van der Waals surface area contributed by atoms with Crippen LogP contribution in [0.1, 0.15) is 49.8 Å². The Bertz CT molecular complexity index is 424. The lowest BCUT2D eigenvalue weighted by atomic mass is 9.74. The molecule has 0 aliphatic heterocycles. The number of rotatable bonds is 3. The molecule has 3 unspecified atom stereocenters. The SMILES string of the molecule is CCc1ccc(C(O)C2CCCCC2C(F)(F)F)cc1. The number of halogens is 3. The fraction of sp³-hybridized carbons (Fsp3) is 0.625. The lowest BCUT2D eigenvalue weighted by Gasteiger charge is -2.36. The molecule has 1 aliphatic carbocycles. The van der Waals surface area contributed by atoms with Crippen LogP contribution in [0.15, 0.2) is 24.3 Å². The summed E-state index contributed by atoms with van der Waals surface area (Å²) in [6, 6.07) is 7.27. The number of aliphatic hydroxyl groups excluding tert-OH is 1. The summed E-state index contributed by atoms with van der Waals surface area (Å²) in [7, 11) is 0. The molecule has 4 heteroatoms. The van der Waals surface area contributed by atoms with Crippen molar-refractivity contribution in [3.05, 3.63) is 35.4 Å². The summed E-state index contributed by atoms with van der Waals surface area (Å²) in [5.41, 5.74) is 1.72. The molecule has 1 nitrogen and oxygen atoms in total. The van der Waals surface area contributed by atoms with Crippen LogP contribution in [0.5, 0.6) is 0 Å². The van der Waals surface area contributed by atoms with Crippen molar-refractivity contribution in [2.24, 2.45) is 11.8 Å². The fourth-order valence-corrected chi connectivity index (χ4v) is 3.14. The van der Waals surface area contributed by atoms with Gasteiger partial charge in [0, 0.05) is 5.92 Å². The molecule has 0 amide bonds. The minimum atomic E-state index is -4.21. The highest BCUT2D eigenvalue weighted by atomic mass is 19.4. The second kappa shape index (κ2) is 6.17. The molecule has 1 aromatic rings. The summed E-state index contributed by atoms with van der Waals surface area (Å²) in [6.07, 6.45) is -2.41. The molecule has 1 aromatic carbocycles. The Balaban J connectivity index is 2.18. The number of aliphatic hydroxyl groups is 1. The normalized spacial score (nSPS) is 25.4. The van der Waals surface area contributed by atoms with Gasteiger partial charge in [0.1, 0.15) is 0 Å². The molecule has 0 heterocycles. The average Bonchev–Trinajstić information content (AvgIpc) is 2.46. The van der Waals surface area contributed by atoms with Gasteiger partial charge in [-0.15, -0.1) is 0 Å². The molecule has 20 heavy (non-hydrogen) atoms. The predicted octanol–water partition coefficient (Wildman–Crippen LogP) is 4.65. The molecule has 0 aromatic heterocycles. The van der Waals surface area contributed by atoms with Crippen molar-refractivity contribution in [2.75, 3.05) is 0 Å². The van der Waals surface area contributed by atoms with E-state index in [4.69, 9.17) is 0 Å². The number of aryl methyl sites for hydroxylation is 1. The predicted molar refractivity (Wildman–Crippen MR) is 72.3 cm³/mol. The van der Waals surface area contributed by atoms with Gasteiger partial charge in [0.25, 0.3) is 0 Å². The van der Waals surface area contributed by atoms with Crippen LogP contribution in [0.25, 0.3) is 0 Å². The molecule has 0 radical (unpaired) electrons. The maximum absolute atomic E-state index is 13.1. The molecule has 1 aliphatic rings. The largest absolute Gasteiger partial charge is 0.392 e. The minimum absolute atomic E-state index is 0.137. The maximum Gasteiger partial charge on any atom is 0.392 e. The van der Waals surface area contributed by atoms with Gasteiger partial charge in [-0.25, -0.2) is 0 Å². The Morgan fingerprint density at radius 2 is 1.75 bits per heavy atom.